The summed E-state index contributed by atoms with van der Waals surface area (Å²) in [5.74, 6) is 1.50. The topological polar surface area (TPSA) is 74.3 Å². The minimum atomic E-state index is -0.333. The Hall–Kier alpha value is -3.22. The second-order valence-electron chi connectivity index (χ2n) is 6.20. The van der Waals surface area contributed by atoms with Crippen LogP contribution in [-0.2, 0) is 16.1 Å². The molecule has 0 fully saturated rings. The molecule has 0 saturated heterocycles. The monoisotopic (exact) mass is 385 g/mol. The highest BCUT2D eigenvalue weighted by Gasteiger charge is 2.20. The molecule has 0 radical (unpaired) electrons. The lowest BCUT2D eigenvalue weighted by atomic mass is 10.1. The fourth-order valence-electron chi connectivity index (χ4n) is 2.89. The second-order valence-corrected chi connectivity index (χ2v) is 6.20. The number of methoxy groups -OCH3 is 1. The van der Waals surface area contributed by atoms with Crippen LogP contribution >= 0.6 is 0 Å². The lowest BCUT2D eigenvalue weighted by Crippen LogP contribution is -2.33. The van der Waals surface area contributed by atoms with Crippen LogP contribution in [0.15, 0.2) is 42.5 Å². The number of esters is 1. The molecule has 2 aromatic carbocycles. The zero-order chi connectivity index (χ0) is 19.9. The molecule has 0 saturated carbocycles. The maximum absolute atomic E-state index is 13.0. The number of amides is 1. The molecular formula is C21H23NO6. The summed E-state index contributed by atoms with van der Waals surface area (Å²) >= 11 is 0. The maximum atomic E-state index is 13.0. The van der Waals surface area contributed by atoms with Gasteiger partial charge in [-0.1, -0.05) is 6.07 Å². The summed E-state index contributed by atoms with van der Waals surface area (Å²) in [6.07, 6.45) is 0.125. The molecule has 148 valence electrons. The first-order valence-corrected chi connectivity index (χ1v) is 9.08. The number of rotatable bonds is 8. The van der Waals surface area contributed by atoms with E-state index in [4.69, 9.17) is 18.9 Å². The average molecular weight is 385 g/mol. The van der Waals surface area contributed by atoms with E-state index in [1.807, 2.05) is 18.2 Å². The van der Waals surface area contributed by atoms with Crippen molar-refractivity contribution in [2.45, 2.75) is 19.9 Å². The number of nitrogens with zero attached hydrogens (tertiary/aromatic N) is 1. The number of fused-ring (bicyclic) bond motifs is 1. The van der Waals surface area contributed by atoms with Crippen LogP contribution in [0, 0.1) is 0 Å². The highest BCUT2D eigenvalue weighted by molar-refractivity contribution is 5.94. The fraction of sp³-hybridized carbons (Fsp3) is 0.333. The number of hydrogen-bond donors (Lipinski definition) is 0. The molecule has 0 N–H and O–H groups in total. The van der Waals surface area contributed by atoms with Crippen LogP contribution in [0.2, 0.25) is 0 Å². The molecule has 1 amide bonds. The molecule has 1 aliphatic heterocycles. The minimum Gasteiger partial charge on any atom is -0.497 e. The van der Waals surface area contributed by atoms with Crippen LogP contribution in [0.1, 0.15) is 29.3 Å². The van der Waals surface area contributed by atoms with Gasteiger partial charge in [-0.2, -0.15) is 0 Å². The molecular weight excluding hydrogens is 362 g/mol. The van der Waals surface area contributed by atoms with Crippen molar-refractivity contribution in [2.24, 2.45) is 0 Å². The molecule has 0 unspecified atom stereocenters. The third kappa shape index (κ3) is 4.73. The molecule has 3 rings (SSSR count). The van der Waals surface area contributed by atoms with E-state index in [0.29, 0.717) is 36.0 Å². The highest BCUT2D eigenvalue weighted by Crippen LogP contribution is 2.33. The number of benzene rings is 2. The van der Waals surface area contributed by atoms with E-state index >= 15 is 0 Å². The van der Waals surface area contributed by atoms with Crippen LogP contribution in [-0.4, -0.2) is 43.8 Å². The third-order valence-electron chi connectivity index (χ3n) is 4.33. The van der Waals surface area contributed by atoms with E-state index in [0.717, 1.165) is 5.56 Å². The van der Waals surface area contributed by atoms with E-state index in [2.05, 4.69) is 0 Å². The van der Waals surface area contributed by atoms with Crippen molar-refractivity contribution in [1.29, 1.82) is 0 Å². The Labute approximate surface area is 163 Å². The smallest absolute Gasteiger partial charge is 0.307 e. The van der Waals surface area contributed by atoms with Gasteiger partial charge < -0.3 is 23.8 Å². The Morgan fingerprint density at radius 2 is 1.82 bits per heavy atom. The van der Waals surface area contributed by atoms with Gasteiger partial charge in [-0.05, 0) is 48.9 Å². The highest BCUT2D eigenvalue weighted by atomic mass is 16.7. The van der Waals surface area contributed by atoms with Gasteiger partial charge in [0.05, 0.1) is 20.1 Å². The number of ether oxygens (including phenoxy) is 4. The van der Waals surface area contributed by atoms with Crippen molar-refractivity contribution in [1.82, 2.24) is 4.90 Å². The molecule has 7 nitrogen and oxygen atoms in total. The van der Waals surface area contributed by atoms with Gasteiger partial charge in [-0.15, -0.1) is 0 Å². The van der Waals surface area contributed by atoms with Gasteiger partial charge in [0.25, 0.3) is 5.91 Å². The van der Waals surface area contributed by atoms with Gasteiger partial charge in [0.15, 0.2) is 11.5 Å². The fourth-order valence-corrected chi connectivity index (χ4v) is 2.89. The summed E-state index contributed by atoms with van der Waals surface area (Å²) in [4.78, 5) is 26.4. The maximum Gasteiger partial charge on any atom is 0.307 e. The lowest BCUT2D eigenvalue weighted by Gasteiger charge is -2.23. The van der Waals surface area contributed by atoms with E-state index in [1.54, 1.807) is 43.2 Å². The second kappa shape index (κ2) is 9.12. The molecule has 2 aromatic rings. The Balaban J connectivity index is 1.77. The largest absolute Gasteiger partial charge is 0.497 e. The zero-order valence-corrected chi connectivity index (χ0v) is 16.0. The standard InChI is InChI=1S/C21H23NO6/c1-3-26-20(23)10-11-22(21(24)16-5-7-17(25-2)8-6-16)13-15-4-9-18-19(12-15)28-14-27-18/h4-9,12H,3,10-11,13-14H2,1-2H3. The molecule has 0 aliphatic carbocycles. The van der Waals surface area contributed by atoms with Crippen molar-refractivity contribution in [3.05, 3.63) is 53.6 Å². The van der Waals surface area contributed by atoms with Crippen molar-refractivity contribution < 1.29 is 28.5 Å². The minimum absolute atomic E-state index is 0.125. The molecule has 0 spiro atoms. The Morgan fingerprint density at radius 1 is 1.07 bits per heavy atom. The predicted octanol–water partition coefficient (Wildman–Crippen LogP) is 3.02. The van der Waals surface area contributed by atoms with Crippen molar-refractivity contribution in [3.8, 4) is 17.2 Å². The van der Waals surface area contributed by atoms with Gasteiger partial charge in [-0.3, -0.25) is 9.59 Å². The van der Waals surface area contributed by atoms with Crippen LogP contribution < -0.4 is 14.2 Å². The van der Waals surface area contributed by atoms with Gasteiger partial charge in [0.1, 0.15) is 5.75 Å². The van der Waals surface area contributed by atoms with Gasteiger partial charge >= 0.3 is 5.97 Å². The van der Waals surface area contributed by atoms with Gasteiger partial charge in [-0.25, -0.2) is 0 Å². The molecule has 0 bridgehead atoms. The molecule has 28 heavy (non-hydrogen) atoms. The zero-order valence-electron chi connectivity index (χ0n) is 16.0. The Bertz CT molecular complexity index is 833. The molecule has 7 heteroatoms. The average Bonchev–Trinajstić information content (AvgIpc) is 3.18. The Morgan fingerprint density at radius 3 is 2.54 bits per heavy atom. The van der Waals surface area contributed by atoms with Crippen molar-refractivity contribution in [2.75, 3.05) is 27.1 Å². The van der Waals surface area contributed by atoms with E-state index in [1.165, 1.54) is 0 Å². The van der Waals surface area contributed by atoms with Crippen LogP contribution in [0.3, 0.4) is 0 Å². The van der Waals surface area contributed by atoms with Gasteiger partial charge in [0, 0.05) is 18.7 Å². The summed E-state index contributed by atoms with van der Waals surface area (Å²) in [6, 6.07) is 12.4. The van der Waals surface area contributed by atoms with Crippen LogP contribution in [0.25, 0.3) is 0 Å². The number of carbonyl (C=O) groups is 2. The van der Waals surface area contributed by atoms with E-state index < -0.39 is 0 Å². The summed E-state index contributed by atoms with van der Waals surface area (Å²) < 4.78 is 20.9. The summed E-state index contributed by atoms with van der Waals surface area (Å²) in [5, 5.41) is 0. The first-order valence-electron chi connectivity index (χ1n) is 9.08. The van der Waals surface area contributed by atoms with Crippen LogP contribution in [0.4, 0.5) is 0 Å². The summed E-state index contributed by atoms with van der Waals surface area (Å²) in [6.45, 7) is 2.84. The predicted molar refractivity (Wildman–Crippen MR) is 102 cm³/mol. The quantitative estimate of drug-likeness (QED) is 0.651. The van der Waals surface area contributed by atoms with Crippen molar-refractivity contribution in [3.63, 3.8) is 0 Å². The number of carbonyl (C=O) groups excluding carboxylic acids is 2. The summed E-state index contributed by atoms with van der Waals surface area (Å²) in [7, 11) is 1.57. The van der Waals surface area contributed by atoms with E-state index in [-0.39, 0.29) is 31.6 Å². The Kier molecular flexibility index (Phi) is 6.37. The third-order valence-corrected chi connectivity index (χ3v) is 4.33. The van der Waals surface area contributed by atoms with Crippen LogP contribution in [0.5, 0.6) is 17.2 Å². The molecule has 1 heterocycles. The molecule has 1 aliphatic rings. The first kappa shape index (κ1) is 19.5. The molecule has 0 atom stereocenters. The SMILES string of the molecule is CCOC(=O)CCN(Cc1ccc2c(c1)OCO2)C(=O)c1ccc(OC)cc1. The number of hydrogen-bond acceptors (Lipinski definition) is 6. The lowest BCUT2D eigenvalue weighted by molar-refractivity contribution is -0.143. The summed E-state index contributed by atoms with van der Waals surface area (Å²) in [5.41, 5.74) is 1.40. The van der Waals surface area contributed by atoms with Crippen molar-refractivity contribution >= 4 is 11.9 Å². The molecule has 0 aromatic heterocycles. The normalized spacial score (nSPS) is 11.8. The van der Waals surface area contributed by atoms with Gasteiger partial charge in [0.2, 0.25) is 6.79 Å². The first-order chi connectivity index (χ1) is 13.6. The van der Waals surface area contributed by atoms with E-state index in [9.17, 15) is 9.59 Å².